The summed E-state index contributed by atoms with van der Waals surface area (Å²) in [6.45, 7) is 11.7. The maximum atomic E-state index is 12.5. The van der Waals surface area contributed by atoms with E-state index in [4.69, 9.17) is 9.47 Å². The molecule has 13 heteroatoms. The third kappa shape index (κ3) is 19.4. The third-order valence-electron chi connectivity index (χ3n) is 4.18. The van der Waals surface area contributed by atoms with Crippen molar-refractivity contribution >= 4 is 29.7 Å². The summed E-state index contributed by atoms with van der Waals surface area (Å²) in [7, 11) is 1.51. The average molecular weight is 517 g/mol. The first-order valence-electron chi connectivity index (χ1n) is 11.9. The molecule has 0 bridgehead atoms. The number of nitrogens with one attached hydrogen (secondary N) is 5. The van der Waals surface area contributed by atoms with Crippen molar-refractivity contribution < 1.29 is 33.4 Å². The second kappa shape index (κ2) is 16.7. The first kappa shape index (κ1) is 33.1. The van der Waals surface area contributed by atoms with Crippen LogP contribution in [0.3, 0.4) is 0 Å². The second-order valence-electron chi connectivity index (χ2n) is 10.1. The lowest BCUT2D eigenvalue weighted by Crippen LogP contribution is -2.47. The van der Waals surface area contributed by atoms with Crippen molar-refractivity contribution in [3.8, 4) is 0 Å². The van der Waals surface area contributed by atoms with Gasteiger partial charge in [-0.2, -0.15) is 0 Å². The van der Waals surface area contributed by atoms with Gasteiger partial charge >= 0.3 is 6.09 Å². The van der Waals surface area contributed by atoms with Crippen molar-refractivity contribution in [1.29, 1.82) is 0 Å². The van der Waals surface area contributed by atoms with E-state index in [1.807, 2.05) is 20.8 Å². The van der Waals surface area contributed by atoms with Crippen LogP contribution in [0, 0.1) is 0 Å². The van der Waals surface area contributed by atoms with Crippen LogP contribution >= 0.6 is 0 Å². The molecule has 36 heavy (non-hydrogen) atoms. The lowest BCUT2D eigenvalue weighted by molar-refractivity contribution is -0.132. The van der Waals surface area contributed by atoms with Crippen LogP contribution in [0.25, 0.3) is 0 Å². The van der Waals surface area contributed by atoms with E-state index in [1.165, 1.54) is 12.0 Å². The van der Waals surface area contributed by atoms with Crippen molar-refractivity contribution in [1.82, 2.24) is 31.5 Å². The fourth-order valence-electron chi connectivity index (χ4n) is 2.64. The molecule has 5 amide bonds. The van der Waals surface area contributed by atoms with E-state index in [0.717, 1.165) is 0 Å². The van der Waals surface area contributed by atoms with Gasteiger partial charge in [-0.15, -0.1) is 0 Å². The van der Waals surface area contributed by atoms with E-state index in [-0.39, 0.29) is 51.0 Å². The van der Waals surface area contributed by atoms with Crippen LogP contribution in [0.1, 0.15) is 48.0 Å². The third-order valence-corrected chi connectivity index (χ3v) is 4.18. The number of ether oxygens (including phenoxy) is 2. The van der Waals surface area contributed by atoms with Gasteiger partial charge in [0.25, 0.3) is 0 Å². The van der Waals surface area contributed by atoms with Crippen molar-refractivity contribution in [3.05, 3.63) is 0 Å². The number of carbonyl (C=O) groups is 5. The summed E-state index contributed by atoms with van der Waals surface area (Å²) in [4.78, 5) is 61.3. The van der Waals surface area contributed by atoms with Crippen LogP contribution in [0.4, 0.5) is 4.79 Å². The molecule has 0 fully saturated rings. The Hall–Kier alpha value is -2.93. The number of hydrogen-bond acceptors (Lipinski definition) is 8. The molecule has 0 saturated heterocycles. The van der Waals surface area contributed by atoms with Gasteiger partial charge in [-0.1, -0.05) is 0 Å². The van der Waals surface area contributed by atoms with E-state index in [9.17, 15) is 24.0 Å². The van der Waals surface area contributed by atoms with E-state index < -0.39 is 29.0 Å². The minimum atomic E-state index is -0.589. The molecule has 0 unspecified atom stereocenters. The Morgan fingerprint density at radius 1 is 0.750 bits per heavy atom. The van der Waals surface area contributed by atoms with Crippen LogP contribution in [-0.2, 0) is 28.7 Å². The zero-order valence-corrected chi connectivity index (χ0v) is 22.7. The van der Waals surface area contributed by atoms with Gasteiger partial charge in [-0.05, 0) is 41.5 Å². The molecule has 0 aliphatic heterocycles. The molecule has 0 aromatic heterocycles. The maximum absolute atomic E-state index is 12.5. The molecule has 0 saturated carbocycles. The summed E-state index contributed by atoms with van der Waals surface area (Å²) in [5.41, 5.74) is -0.997. The molecule has 0 aliphatic rings. The van der Waals surface area contributed by atoms with Crippen LogP contribution in [0.15, 0.2) is 0 Å². The Morgan fingerprint density at radius 2 is 1.36 bits per heavy atom. The van der Waals surface area contributed by atoms with Crippen LogP contribution in [-0.4, -0.2) is 105 Å². The first-order chi connectivity index (χ1) is 16.6. The SMILES string of the molecule is COCCN(CCC(=O)NCC(=O)NCC(=O)NC(C)(C)C)C(=O)CNCCNC(=O)OC(C)(C)C. The number of amides is 5. The highest BCUT2D eigenvalue weighted by Gasteiger charge is 2.17. The highest BCUT2D eigenvalue weighted by molar-refractivity contribution is 5.88. The highest BCUT2D eigenvalue weighted by Crippen LogP contribution is 2.06. The average Bonchev–Trinajstić information content (AvgIpc) is 2.73. The number of alkyl carbamates (subject to hydrolysis) is 1. The number of carbonyl (C=O) groups excluding carboxylic acids is 5. The minimum absolute atomic E-state index is 0.00650. The fraction of sp³-hybridized carbons (Fsp3) is 0.783. The Morgan fingerprint density at radius 3 is 1.94 bits per heavy atom. The molecular formula is C23H44N6O7. The lowest BCUT2D eigenvalue weighted by Gasteiger charge is -2.22. The normalized spacial score (nSPS) is 11.3. The van der Waals surface area contributed by atoms with Crippen LogP contribution < -0.4 is 26.6 Å². The molecular weight excluding hydrogens is 472 g/mol. The highest BCUT2D eigenvalue weighted by atomic mass is 16.6. The summed E-state index contributed by atoms with van der Waals surface area (Å²) < 4.78 is 10.2. The van der Waals surface area contributed by atoms with E-state index >= 15 is 0 Å². The molecule has 13 nitrogen and oxygen atoms in total. The predicted octanol–water partition coefficient (Wildman–Crippen LogP) is -0.887. The van der Waals surface area contributed by atoms with Crippen molar-refractivity contribution in [2.45, 2.75) is 59.1 Å². The summed E-state index contributed by atoms with van der Waals surface area (Å²) >= 11 is 0. The smallest absolute Gasteiger partial charge is 0.407 e. The summed E-state index contributed by atoms with van der Waals surface area (Å²) in [6.07, 6.45) is -0.543. The van der Waals surface area contributed by atoms with Gasteiger partial charge in [0, 0.05) is 45.2 Å². The van der Waals surface area contributed by atoms with Gasteiger partial charge < -0.3 is 41.0 Å². The Bertz CT molecular complexity index is 731. The lowest BCUT2D eigenvalue weighted by atomic mass is 10.1. The molecule has 0 aliphatic carbocycles. The quantitative estimate of drug-likeness (QED) is 0.175. The van der Waals surface area contributed by atoms with Gasteiger partial charge in [0.15, 0.2) is 0 Å². The molecule has 0 aromatic carbocycles. The largest absolute Gasteiger partial charge is 0.444 e. The zero-order valence-electron chi connectivity index (χ0n) is 22.7. The standard InChI is InChI=1S/C23H44N6O7/c1-22(2,3)28-19(32)15-27-18(31)14-26-17(30)8-11-29(12-13-35-7)20(33)16-24-9-10-25-21(34)36-23(4,5)6/h24H,8-16H2,1-7H3,(H,25,34)(H,26,30)(H,27,31)(H,28,32). The summed E-state index contributed by atoms with van der Waals surface area (Å²) in [5, 5.41) is 13.1. The number of hydrogen-bond donors (Lipinski definition) is 5. The Balaban J connectivity index is 4.31. The van der Waals surface area contributed by atoms with E-state index in [1.54, 1.807) is 20.8 Å². The number of rotatable bonds is 15. The van der Waals surface area contributed by atoms with Gasteiger partial charge in [-0.3, -0.25) is 19.2 Å². The van der Waals surface area contributed by atoms with Gasteiger partial charge in [0.1, 0.15) is 5.60 Å². The van der Waals surface area contributed by atoms with Crippen molar-refractivity contribution in [3.63, 3.8) is 0 Å². The molecule has 0 rings (SSSR count). The molecule has 5 N–H and O–H groups in total. The molecule has 0 heterocycles. The summed E-state index contributed by atoms with van der Waals surface area (Å²) in [6, 6.07) is 0. The second-order valence-corrected chi connectivity index (χ2v) is 10.1. The topological polar surface area (TPSA) is 167 Å². The number of methoxy groups -OCH3 is 1. The predicted molar refractivity (Wildman–Crippen MR) is 134 cm³/mol. The van der Waals surface area contributed by atoms with Crippen molar-refractivity contribution in [2.75, 3.05) is 59.5 Å². The molecule has 0 radical (unpaired) electrons. The summed E-state index contributed by atoms with van der Waals surface area (Å²) in [5.74, 6) is -1.47. The zero-order chi connectivity index (χ0) is 27.8. The van der Waals surface area contributed by atoms with Gasteiger partial charge in [-0.25, -0.2) is 4.79 Å². The van der Waals surface area contributed by atoms with Crippen LogP contribution in [0.2, 0.25) is 0 Å². The monoisotopic (exact) mass is 516 g/mol. The fourth-order valence-corrected chi connectivity index (χ4v) is 2.64. The first-order valence-corrected chi connectivity index (χ1v) is 11.9. The van der Waals surface area contributed by atoms with E-state index in [2.05, 4.69) is 26.6 Å². The Labute approximate surface area is 213 Å². The molecule has 0 spiro atoms. The molecule has 0 atom stereocenters. The molecule has 208 valence electrons. The van der Waals surface area contributed by atoms with Gasteiger partial charge in [0.05, 0.1) is 26.2 Å². The maximum Gasteiger partial charge on any atom is 0.407 e. The number of nitrogens with zero attached hydrogens (tertiary/aromatic N) is 1. The van der Waals surface area contributed by atoms with E-state index in [0.29, 0.717) is 19.7 Å². The molecule has 0 aromatic rings. The Kier molecular flexibility index (Phi) is 15.3. The van der Waals surface area contributed by atoms with Crippen LogP contribution in [0.5, 0.6) is 0 Å². The van der Waals surface area contributed by atoms with Crippen molar-refractivity contribution in [2.24, 2.45) is 0 Å². The minimum Gasteiger partial charge on any atom is -0.444 e. The van der Waals surface area contributed by atoms with Gasteiger partial charge in [0.2, 0.25) is 23.6 Å².